The van der Waals surface area contributed by atoms with E-state index >= 15 is 0 Å². The Bertz CT molecular complexity index is 154. The molecule has 0 aromatic carbocycles. The predicted molar refractivity (Wildman–Crippen MR) is 64.7 cm³/mol. The third-order valence-corrected chi connectivity index (χ3v) is 5.52. The van der Waals surface area contributed by atoms with Gasteiger partial charge >= 0.3 is 110 Å². The molecular formula is C10H23IN3S-. The molecule has 1 atom stereocenters. The Morgan fingerprint density at radius 1 is 1.40 bits per heavy atom. The summed E-state index contributed by atoms with van der Waals surface area (Å²) in [6.07, 6.45) is 5.13. The number of hydrazine groups is 1. The summed E-state index contributed by atoms with van der Waals surface area (Å²) in [5, 5.41) is 3.50. The Morgan fingerprint density at radius 3 is 2.80 bits per heavy atom. The van der Waals surface area contributed by atoms with Crippen LogP contribution in [-0.2, 0) is 0 Å². The molecule has 0 saturated carbocycles. The number of thiol groups is 1. The SMILES string of the molecule is CCCCNNC(S)NC1CC[I-]CC1. The average molecular weight is 344 g/mol. The van der Waals surface area contributed by atoms with Crippen molar-refractivity contribution in [3.05, 3.63) is 0 Å². The molecule has 0 aliphatic carbocycles. The fourth-order valence-corrected chi connectivity index (χ4v) is 4.75. The van der Waals surface area contributed by atoms with Crippen LogP contribution >= 0.6 is 12.6 Å². The number of unbranched alkanes of at least 4 members (excludes halogenated alkanes) is 1. The monoisotopic (exact) mass is 344 g/mol. The van der Waals surface area contributed by atoms with Crippen LogP contribution in [0.15, 0.2) is 0 Å². The van der Waals surface area contributed by atoms with Gasteiger partial charge in [-0.25, -0.2) is 0 Å². The second kappa shape index (κ2) is 9.04. The molecule has 3 N–H and O–H groups in total. The molecule has 0 radical (unpaired) electrons. The van der Waals surface area contributed by atoms with Crippen molar-refractivity contribution < 1.29 is 21.2 Å². The Balaban J connectivity index is 1.98. The normalized spacial score (nSPS) is 20.9. The number of hydrogen-bond donors (Lipinski definition) is 4. The van der Waals surface area contributed by atoms with Gasteiger partial charge in [0.15, 0.2) is 0 Å². The molecule has 1 rings (SSSR count). The molecule has 0 aromatic heterocycles. The molecular weight excluding hydrogens is 321 g/mol. The van der Waals surface area contributed by atoms with Crippen molar-refractivity contribution in [3.8, 4) is 0 Å². The Kier molecular flexibility index (Phi) is 8.45. The van der Waals surface area contributed by atoms with E-state index in [-0.39, 0.29) is 5.50 Å². The Hall–Kier alpha value is 0.960. The molecule has 1 aliphatic rings. The van der Waals surface area contributed by atoms with Crippen LogP contribution < -0.4 is 37.4 Å². The van der Waals surface area contributed by atoms with Crippen LogP contribution in [0.3, 0.4) is 0 Å². The maximum absolute atomic E-state index is 4.47. The molecule has 3 nitrogen and oxygen atoms in total. The van der Waals surface area contributed by atoms with Crippen LogP contribution in [0.4, 0.5) is 0 Å². The fourth-order valence-electron chi connectivity index (χ4n) is 1.52. The first kappa shape index (κ1) is 14.0. The molecule has 1 saturated heterocycles. The van der Waals surface area contributed by atoms with Crippen LogP contribution in [0, 0.1) is 0 Å². The summed E-state index contributed by atoms with van der Waals surface area (Å²) < 4.78 is 2.95. The van der Waals surface area contributed by atoms with Crippen LogP contribution in [0.2, 0.25) is 0 Å². The van der Waals surface area contributed by atoms with E-state index < -0.39 is 0 Å². The van der Waals surface area contributed by atoms with Crippen molar-refractivity contribution in [1.29, 1.82) is 0 Å². The second-order valence-corrected chi connectivity index (χ2v) is 7.59. The zero-order valence-electron chi connectivity index (χ0n) is 9.43. The number of alkyl halides is 2. The molecule has 15 heavy (non-hydrogen) atoms. The van der Waals surface area contributed by atoms with Gasteiger partial charge in [0.05, 0.1) is 0 Å². The van der Waals surface area contributed by atoms with Gasteiger partial charge in [-0.3, -0.25) is 0 Å². The second-order valence-electron chi connectivity index (χ2n) is 3.84. The summed E-state index contributed by atoms with van der Waals surface area (Å²) in [6, 6.07) is 0.682. The molecule has 1 aliphatic heterocycles. The van der Waals surface area contributed by atoms with Crippen molar-refractivity contribution >= 4 is 12.6 Å². The van der Waals surface area contributed by atoms with E-state index in [1.54, 1.807) is 0 Å². The average Bonchev–Trinajstić information content (AvgIpc) is 2.26. The number of rotatable bonds is 7. The van der Waals surface area contributed by atoms with Crippen molar-refractivity contribution in [1.82, 2.24) is 16.2 Å². The molecule has 5 heteroatoms. The third-order valence-electron chi connectivity index (χ3n) is 2.47. The molecule has 1 fully saturated rings. The summed E-state index contributed by atoms with van der Waals surface area (Å²) in [5.74, 6) is 0. The first-order valence-electron chi connectivity index (χ1n) is 5.79. The van der Waals surface area contributed by atoms with E-state index in [9.17, 15) is 0 Å². The summed E-state index contributed by atoms with van der Waals surface area (Å²) in [5.41, 5.74) is 6.46. The van der Waals surface area contributed by atoms with Gasteiger partial charge in [0.25, 0.3) is 0 Å². The van der Waals surface area contributed by atoms with Crippen LogP contribution in [0.25, 0.3) is 0 Å². The Labute approximate surface area is 109 Å². The van der Waals surface area contributed by atoms with Crippen LogP contribution in [0.5, 0.6) is 0 Å². The van der Waals surface area contributed by atoms with E-state index in [1.165, 1.54) is 34.5 Å². The molecule has 92 valence electrons. The molecule has 0 spiro atoms. The molecule has 1 heterocycles. The van der Waals surface area contributed by atoms with Gasteiger partial charge in [-0.2, -0.15) is 0 Å². The predicted octanol–water partition coefficient (Wildman–Crippen LogP) is -2.06. The fraction of sp³-hybridized carbons (Fsp3) is 1.00. The zero-order chi connectivity index (χ0) is 10.9. The molecule has 0 bridgehead atoms. The van der Waals surface area contributed by atoms with Gasteiger partial charge in [-0.05, 0) is 0 Å². The molecule has 0 amide bonds. The number of hydrogen-bond acceptors (Lipinski definition) is 4. The molecule has 0 aromatic rings. The first-order chi connectivity index (χ1) is 7.33. The third kappa shape index (κ3) is 6.99. The van der Waals surface area contributed by atoms with E-state index in [0.29, 0.717) is 27.2 Å². The summed E-state index contributed by atoms with van der Waals surface area (Å²) in [4.78, 5) is 0. The quantitative estimate of drug-likeness (QED) is 0.107. The van der Waals surface area contributed by atoms with Crippen molar-refractivity contribution in [2.45, 2.75) is 44.1 Å². The van der Waals surface area contributed by atoms with Gasteiger partial charge in [0.1, 0.15) is 0 Å². The van der Waals surface area contributed by atoms with Gasteiger partial charge < -0.3 is 0 Å². The van der Waals surface area contributed by atoms with E-state index in [4.69, 9.17) is 0 Å². The summed E-state index contributed by atoms with van der Waals surface area (Å²) in [6.45, 7) is 3.22. The van der Waals surface area contributed by atoms with Gasteiger partial charge in [-0.1, -0.05) is 0 Å². The summed E-state index contributed by atoms with van der Waals surface area (Å²) in [7, 11) is 0. The minimum absolute atomic E-state index is 0.0863. The maximum atomic E-state index is 4.47. The van der Waals surface area contributed by atoms with E-state index in [1.807, 2.05) is 0 Å². The first-order valence-corrected chi connectivity index (χ1v) is 9.35. The number of halogens is 1. The van der Waals surface area contributed by atoms with Crippen LogP contribution in [-0.4, -0.2) is 26.9 Å². The molecule has 1 unspecified atom stereocenters. The van der Waals surface area contributed by atoms with E-state index in [0.717, 1.165) is 6.54 Å². The van der Waals surface area contributed by atoms with Gasteiger partial charge in [0, 0.05) is 0 Å². The van der Waals surface area contributed by atoms with Crippen molar-refractivity contribution in [2.75, 3.05) is 15.4 Å². The summed E-state index contributed by atoms with van der Waals surface area (Å²) >= 11 is 5.01. The van der Waals surface area contributed by atoms with Gasteiger partial charge in [0.2, 0.25) is 0 Å². The van der Waals surface area contributed by atoms with Crippen LogP contribution in [0.1, 0.15) is 32.6 Å². The standard InChI is InChI=1S/C10H23IN3S/c1-2-3-8-12-14-10(15)13-9-4-6-11-7-5-9/h9-10,12-15H,2-8H2,1H3/q-1. The van der Waals surface area contributed by atoms with E-state index in [2.05, 4.69) is 35.7 Å². The minimum atomic E-state index is 0.0863. The van der Waals surface area contributed by atoms with Gasteiger partial charge in [-0.15, -0.1) is 0 Å². The van der Waals surface area contributed by atoms with Crippen molar-refractivity contribution in [2.24, 2.45) is 0 Å². The van der Waals surface area contributed by atoms with Crippen molar-refractivity contribution in [3.63, 3.8) is 0 Å². The Morgan fingerprint density at radius 2 is 2.13 bits per heavy atom. The number of nitrogens with one attached hydrogen (secondary N) is 3. The zero-order valence-corrected chi connectivity index (χ0v) is 12.5. The topological polar surface area (TPSA) is 36.1 Å².